The molecule has 2 atom stereocenters. The van der Waals surface area contributed by atoms with E-state index in [1.54, 1.807) is 18.7 Å². The summed E-state index contributed by atoms with van der Waals surface area (Å²) < 4.78 is 11.1. The smallest absolute Gasteiger partial charge is 0.261 e. The van der Waals surface area contributed by atoms with Gasteiger partial charge in [0.15, 0.2) is 6.10 Å². The molecule has 3 rings (SSSR count). The second kappa shape index (κ2) is 10.8. The van der Waals surface area contributed by atoms with Crippen LogP contribution in [0.15, 0.2) is 29.2 Å². The van der Waals surface area contributed by atoms with E-state index in [1.165, 1.54) is 0 Å². The minimum atomic E-state index is -0.661. The summed E-state index contributed by atoms with van der Waals surface area (Å²) in [4.78, 5) is 30.7. The van der Waals surface area contributed by atoms with Crippen molar-refractivity contribution in [2.75, 3.05) is 52.2 Å². The lowest BCUT2D eigenvalue weighted by Gasteiger charge is -2.35. The fourth-order valence-corrected chi connectivity index (χ4v) is 3.99. The molecule has 7 nitrogen and oxygen atoms in total. The molecular weight excluding hydrogens is 390 g/mol. The van der Waals surface area contributed by atoms with Gasteiger partial charge in [0.1, 0.15) is 11.8 Å². The number of amides is 2. The molecule has 29 heavy (non-hydrogen) atoms. The van der Waals surface area contributed by atoms with Gasteiger partial charge in [-0.1, -0.05) is 0 Å². The van der Waals surface area contributed by atoms with Crippen molar-refractivity contribution in [3.8, 4) is 5.75 Å². The zero-order valence-corrected chi connectivity index (χ0v) is 18.1. The first-order valence-electron chi connectivity index (χ1n) is 10.3. The summed E-state index contributed by atoms with van der Waals surface area (Å²) in [5, 5.41) is 2.89. The third-order valence-corrected chi connectivity index (χ3v) is 6.12. The van der Waals surface area contributed by atoms with Crippen LogP contribution in [0.25, 0.3) is 0 Å². The van der Waals surface area contributed by atoms with E-state index in [9.17, 15) is 9.59 Å². The number of nitrogens with zero attached hydrogens (tertiary/aromatic N) is 2. The Kier molecular flexibility index (Phi) is 8.20. The number of carbonyl (C=O) groups excluding carboxylic acids is 2. The van der Waals surface area contributed by atoms with Gasteiger partial charge in [-0.3, -0.25) is 14.5 Å². The van der Waals surface area contributed by atoms with Crippen LogP contribution in [-0.4, -0.2) is 86.0 Å². The highest BCUT2D eigenvalue weighted by molar-refractivity contribution is 7.98. The lowest BCUT2D eigenvalue weighted by Crippen LogP contribution is -2.55. The summed E-state index contributed by atoms with van der Waals surface area (Å²) in [6, 6.07) is 7.16. The third kappa shape index (κ3) is 6.35. The van der Waals surface area contributed by atoms with Gasteiger partial charge in [0, 0.05) is 37.6 Å². The van der Waals surface area contributed by atoms with Crippen LogP contribution in [0.2, 0.25) is 0 Å². The molecule has 2 fully saturated rings. The van der Waals surface area contributed by atoms with Crippen molar-refractivity contribution in [1.29, 1.82) is 0 Å². The molecule has 1 aromatic carbocycles. The number of ether oxygens (including phenoxy) is 2. The highest BCUT2D eigenvalue weighted by Gasteiger charge is 2.31. The topological polar surface area (TPSA) is 71.1 Å². The maximum absolute atomic E-state index is 12.8. The molecule has 1 aromatic rings. The van der Waals surface area contributed by atoms with Crippen molar-refractivity contribution in [1.82, 2.24) is 15.1 Å². The number of benzene rings is 1. The Hall–Kier alpha value is -1.77. The second-order valence-corrected chi connectivity index (χ2v) is 8.30. The predicted molar refractivity (Wildman–Crippen MR) is 113 cm³/mol. The fourth-order valence-electron chi connectivity index (χ4n) is 3.58. The van der Waals surface area contributed by atoms with Crippen LogP contribution < -0.4 is 10.1 Å². The summed E-state index contributed by atoms with van der Waals surface area (Å²) in [6.45, 7) is 7.34. The largest absolute Gasteiger partial charge is 0.481 e. The lowest BCUT2D eigenvalue weighted by molar-refractivity contribution is -0.140. The molecule has 0 unspecified atom stereocenters. The molecule has 2 amide bonds. The van der Waals surface area contributed by atoms with Gasteiger partial charge in [0.05, 0.1) is 13.2 Å². The monoisotopic (exact) mass is 421 g/mol. The first-order valence-corrected chi connectivity index (χ1v) is 11.5. The third-order valence-electron chi connectivity index (χ3n) is 5.38. The van der Waals surface area contributed by atoms with E-state index in [1.807, 2.05) is 35.4 Å². The molecule has 0 aromatic heterocycles. The minimum Gasteiger partial charge on any atom is -0.481 e. The molecule has 2 heterocycles. The van der Waals surface area contributed by atoms with Gasteiger partial charge in [-0.25, -0.2) is 0 Å². The molecule has 0 bridgehead atoms. The van der Waals surface area contributed by atoms with E-state index in [0.717, 1.165) is 50.7 Å². The van der Waals surface area contributed by atoms with Gasteiger partial charge in [-0.05, 0) is 50.3 Å². The first kappa shape index (κ1) is 21.9. The molecule has 8 heteroatoms. The molecule has 0 spiro atoms. The molecule has 2 aliphatic heterocycles. The predicted octanol–water partition coefficient (Wildman–Crippen LogP) is 1.62. The van der Waals surface area contributed by atoms with Gasteiger partial charge in [-0.15, -0.1) is 11.8 Å². The van der Waals surface area contributed by atoms with Gasteiger partial charge >= 0.3 is 0 Å². The Bertz CT molecular complexity index is 679. The summed E-state index contributed by atoms with van der Waals surface area (Å²) in [6.07, 6.45) is 2.92. The zero-order chi connectivity index (χ0) is 20.6. The van der Waals surface area contributed by atoms with Crippen molar-refractivity contribution in [3.63, 3.8) is 0 Å². The van der Waals surface area contributed by atoms with Crippen LogP contribution in [-0.2, 0) is 14.3 Å². The van der Waals surface area contributed by atoms with Crippen LogP contribution in [0.1, 0.15) is 19.8 Å². The number of rotatable bonds is 8. The number of piperidine rings is 1. The van der Waals surface area contributed by atoms with Gasteiger partial charge in [0.25, 0.3) is 5.91 Å². The fraction of sp³-hybridized carbons (Fsp3) is 0.619. The summed E-state index contributed by atoms with van der Waals surface area (Å²) in [5.74, 6) is 0.397. The minimum absolute atomic E-state index is 0.00869. The average molecular weight is 422 g/mol. The zero-order valence-electron chi connectivity index (χ0n) is 17.3. The van der Waals surface area contributed by atoms with Crippen molar-refractivity contribution in [2.24, 2.45) is 0 Å². The SMILES string of the molecule is CSc1ccc(O[C@H](C)C(=O)N[C@H]2CCCN(CCN3CCOCC3)C2=O)cc1. The Morgan fingerprint density at radius 1 is 1.24 bits per heavy atom. The van der Waals surface area contributed by atoms with Crippen LogP contribution in [0.5, 0.6) is 5.75 Å². The number of hydrogen-bond donors (Lipinski definition) is 1. The number of morpholine rings is 1. The molecule has 160 valence electrons. The Balaban J connectivity index is 1.47. The number of hydrogen-bond acceptors (Lipinski definition) is 6. The molecule has 1 N–H and O–H groups in total. The van der Waals surface area contributed by atoms with Gasteiger partial charge in [-0.2, -0.15) is 0 Å². The highest BCUT2D eigenvalue weighted by atomic mass is 32.2. The molecule has 2 saturated heterocycles. The van der Waals surface area contributed by atoms with Gasteiger partial charge < -0.3 is 19.7 Å². The molecule has 2 aliphatic rings. The maximum atomic E-state index is 12.8. The Labute approximate surface area is 177 Å². The molecular formula is C21H31N3O4S. The normalized spacial score (nSPS) is 21.7. The lowest BCUT2D eigenvalue weighted by atomic mass is 10.0. The molecule has 0 radical (unpaired) electrons. The van der Waals surface area contributed by atoms with Crippen molar-refractivity contribution < 1.29 is 19.1 Å². The summed E-state index contributed by atoms with van der Waals surface area (Å²) in [7, 11) is 0. The number of thioether (sulfide) groups is 1. The van der Waals surface area contributed by atoms with Crippen molar-refractivity contribution >= 4 is 23.6 Å². The van der Waals surface area contributed by atoms with Crippen molar-refractivity contribution in [2.45, 2.75) is 36.8 Å². The number of nitrogens with one attached hydrogen (secondary N) is 1. The average Bonchev–Trinajstić information content (AvgIpc) is 2.75. The number of carbonyl (C=O) groups is 2. The van der Waals surface area contributed by atoms with E-state index < -0.39 is 12.1 Å². The van der Waals surface area contributed by atoms with Crippen molar-refractivity contribution in [3.05, 3.63) is 24.3 Å². The second-order valence-electron chi connectivity index (χ2n) is 7.42. The molecule has 0 aliphatic carbocycles. The molecule has 0 saturated carbocycles. The van der Waals surface area contributed by atoms with E-state index in [2.05, 4.69) is 10.2 Å². The first-order chi connectivity index (χ1) is 14.1. The quantitative estimate of drug-likeness (QED) is 0.643. The van der Waals surface area contributed by atoms with E-state index in [4.69, 9.17) is 9.47 Å². The summed E-state index contributed by atoms with van der Waals surface area (Å²) >= 11 is 1.65. The van der Waals surface area contributed by atoms with E-state index in [0.29, 0.717) is 18.7 Å². The maximum Gasteiger partial charge on any atom is 0.261 e. The van der Waals surface area contributed by atoms with Crippen LogP contribution in [0, 0.1) is 0 Å². The number of likely N-dealkylation sites (tertiary alicyclic amines) is 1. The standard InChI is InChI=1S/C21H31N3O4S/c1-16(28-17-5-7-18(29-2)8-6-17)20(25)22-19-4-3-9-24(21(19)26)11-10-23-12-14-27-15-13-23/h5-8,16,19H,3-4,9-15H2,1-2H3,(H,22,25)/t16-,19+/m1/s1. The Morgan fingerprint density at radius 3 is 2.66 bits per heavy atom. The van der Waals surface area contributed by atoms with E-state index >= 15 is 0 Å². The van der Waals surface area contributed by atoms with Crippen LogP contribution >= 0.6 is 11.8 Å². The highest BCUT2D eigenvalue weighted by Crippen LogP contribution is 2.20. The van der Waals surface area contributed by atoms with E-state index in [-0.39, 0.29) is 11.8 Å². The van der Waals surface area contributed by atoms with Gasteiger partial charge in [0.2, 0.25) is 5.91 Å². The van der Waals surface area contributed by atoms with Crippen LogP contribution in [0.3, 0.4) is 0 Å². The van der Waals surface area contributed by atoms with Crippen LogP contribution in [0.4, 0.5) is 0 Å². The Morgan fingerprint density at radius 2 is 1.97 bits per heavy atom. The summed E-state index contributed by atoms with van der Waals surface area (Å²) in [5.41, 5.74) is 0.